The van der Waals surface area contributed by atoms with Crippen LogP contribution in [0.1, 0.15) is 36.7 Å². The van der Waals surface area contributed by atoms with Crippen LogP contribution in [-0.4, -0.2) is 86.2 Å². The van der Waals surface area contributed by atoms with Crippen LogP contribution in [0.4, 0.5) is 4.79 Å². The van der Waals surface area contributed by atoms with Gasteiger partial charge >= 0.3 is 12.1 Å². The molecule has 1 unspecified atom stereocenters. The molecule has 3 aromatic carbocycles. The van der Waals surface area contributed by atoms with E-state index in [0.717, 1.165) is 22.3 Å². The van der Waals surface area contributed by atoms with Crippen LogP contribution >= 0.6 is 0 Å². The first-order chi connectivity index (χ1) is 23.7. The maximum absolute atomic E-state index is 13.4. The Kier molecular flexibility index (Phi) is 11.3. The predicted octanol–water partition coefficient (Wildman–Crippen LogP) is 4.60. The Labute approximate surface area is 279 Å². The molecule has 0 aliphatic heterocycles. The third-order valence-corrected chi connectivity index (χ3v) is 6.95. The molecule has 256 valence electrons. The van der Waals surface area contributed by atoms with Gasteiger partial charge in [-0.1, -0.05) is 54.6 Å². The summed E-state index contributed by atoms with van der Waals surface area (Å²) in [5.41, 5.74) is 4.80. The predicted molar refractivity (Wildman–Crippen MR) is 171 cm³/mol. The molecule has 5 aromatic rings. The number of rotatable bonds is 16. The van der Waals surface area contributed by atoms with E-state index in [2.05, 4.69) is 30.4 Å². The number of aromatic amines is 1. The van der Waals surface area contributed by atoms with E-state index in [4.69, 9.17) is 23.7 Å². The molecule has 0 fully saturated rings. The average Bonchev–Trinajstić information content (AvgIpc) is 3.73. The zero-order valence-electron chi connectivity index (χ0n) is 26.8. The minimum atomic E-state index is -1.30. The Morgan fingerprint density at radius 3 is 2.47 bits per heavy atom. The fourth-order valence-electron chi connectivity index (χ4n) is 4.91. The number of aromatic nitrogens is 6. The van der Waals surface area contributed by atoms with Crippen LogP contribution in [0.25, 0.3) is 33.5 Å². The van der Waals surface area contributed by atoms with Gasteiger partial charge in [-0.15, -0.1) is 20.3 Å². The van der Waals surface area contributed by atoms with Crippen molar-refractivity contribution < 1.29 is 43.2 Å². The number of imidazole rings is 1. The van der Waals surface area contributed by atoms with Crippen LogP contribution in [0.15, 0.2) is 66.7 Å². The zero-order chi connectivity index (χ0) is 34.8. The molecule has 0 bridgehead atoms. The van der Waals surface area contributed by atoms with Crippen LogP contribution in [0.2, 0.25) is 0 Å². The molecular formula is C32H33N7O10. The Bertz CT molecular complexity index is 1880. The molecule has 49 heavy (non-hydrogen) atoms. The van der Waals surface area contributed by atoms with Crippen molar-refractivity contribution in [2.75, 3.05) is 26.4 Å². The zero-order valence-corrected chi connectivity index (χ0v) is 26.8. The highest BCUT2D eigenvalue weighted by Gasteiger charge is 2.23. The summed E-state index contributed by atoms with van der Waals surface area (Å²) in [4.78, 5) is 44.7. The van der Waals surface area contributed by atoms with Crippen molar-refractivity contribution in [3.63, 3.8) is 0 Å². The fraction of sp³-hybridized carbons (Fsp3) is 0.312. The number of H-pyrrole nitrogens is 1. The van der Waals surface area contributed by atoms with Gasteiger partial charge in [0.2, 0.25) is 12.1 Å². The van der Waals surface area contributed by atoms with E-state index in [1.165, 1.54) is 13.8 Å². The molecule has 0 saturated carbocycles. The molecule has 0 saturated heterocycles. The van der Waals surface area contributed by atoms with Crippen molar-refractivity contribution in [3.8, 4) is 28.5 Å². The van der Waals surface area contributed by atoms with Crippen molar-refractivity contribution >= 4 is 23.2 Å². The molecular weight excluding hydrogens is 642 g/mol. The average molecular weight is 676 g/mol. The minimum absolute atomic E-state index is 0.0564. The number of para-hydroxylation sites is 1. The normalized spacial score (nSPS) is 12.2. The van der Waals surface area contributed by atoms with Crippen LogP contribution < -0.4 is 4.74 Å². The van der Waals surface area contributed by atoms with E-state index >= 15 is 0 Å². The van der Waals surface area contributed by atoms with Gasteiger partial charge in [0.25, 0.3) is 11.1 Å². The molecule has 0 spiro atoms. The van der Waals surface area contributed by atoms with Gasteiger partial charge in [0.05, 0.1) is 43.0 Å². The van der Waals surface area contributed by atoms with Crippen molar-refractivity contribution in [2.24, 2.45) is 0 Å². The molecule has 2 atom stereocenters. The fourth-order valence-corrected chi connectivity index (χ4v) is 4.91. The molecule has 5 rings (SSSR count). The lowest BCUT2D eigenvalue weighted by Gasteiger charge is -2.16. The van der Waals surface area contributed by atoms with Gasteiger partial charge in [-0.2, -0.15) is 10.2 Å². The standard InChI is InChI=1S/C32H33N7O10/c1-4-45-31-33-27-11-7-10-26(30(40)47-21(3)48-32(41)46-17-16-44-19-20(2)49-39(42)43)28(27)38(31)18-22-12-14-23(15-13-22)24-8-5-6-9-25(24)29-34-36-37-35-29/h5-15,20-21H,4,16-19H2,1-3H3,(H,34,35,36,37)/t20-,21?/m0/s1. The summed E-state index contributed by atoms with van der Waals surface area (Å²) >= 11 is 0. The third-order valence-electron chi connectivity index (χ3n) is 6.95. The highest BCUT2D eigenvalue weighted by atomic mass is 17.0. The molecule has 17 nitrogen and oxygen atoms in total. The Hall–Kier alpha value is -6.10. The van der Waals surface area contributed by atoms with E-state index in [1.54, 1.807) is 22.8 Å². The summed E-state index contributed by atoms with van der Waals surface area (Å²) in [6.45, 7) is 4.99. The van der Waals surface area contributed by atoms with Crippen molar-refractivity contribution in [2.45, 2.75) is 39.7 Å². The molecule has 0 radical (unpaired) electrons. The van der Waals surface area contributed by atoms with Crippen LogP contribution in [0, 0.1) is 10.1 Å². The van der Waals surface area contributed by atoms with E-state index in [1.807, 2.05) is 55.5 Å². The second-order valence-corrected chi connectivity index (χ2v) is 10.5. The van der Waals surface area contributed by atoms with E-state index in [0.29, 0.717) is 36.0 Å². The number of hydrogen-bond donors (Lipinski definition) is 1. The molecule has 0 aliphatic rings. The molecule has 1 N–H and O–H groups in total. The Morgan fingerprint density at radius 2 is 1.76 bits per heavy atom. The summed E-state index contributed by atoms with van der Waals surface area (Å²) in [6, 6.07) is 21.0. The number of benzene rings is 3. The number of esters is 1. The molecule has 0 aliphatic carbocycles. The van der Waals surface area contributed by atoms with Crippen molar-refractivity contribution in [3.05, 3.63) is 88.0 Å². The topological polar surface area (TPSA) is 205 Å². The second kappa shape index (κ2) is 16.1. The highest BCUT2D eigenvalue weighted by molar-refractivity contribution is 6.02. The van der Waals surface area contributed by atoms with Gasteiger partial charge in [-0.05, 0) is 47.9 Å². The molecule has 17 heteroatoms. The first-order valence-corrected chi connectivity index (χ1v) is 15.2. The van der Waals surface area contributed by atoms with Gasteiger partial charge in [0.15, 0.2) is 0 Å². The van der Waals surface area contributed by atoms with Crippen molar-refractivity contribution in [1.82, 2.24) is 30.2 Å². The van der Waals surface area contributed by atoms with E-state index in [9.17, 15) is 19.7 Å². The lowest BCUT2D eigenvalue weighted by Crippen LogP contribution is -2.24. The minimum Gasteiger partial charge on any atom is -0.465 e. The highest BCUT2D eigenvalue weighted by Crippen LogP contribution is 2.31. The van der Waals surface area contributed by atoms with Crippen LogP contribution in [0.3, 0.4) is 0 Å². The smallest absolute Gasteiger partial charge is 0.465 e. The lowest BCUT2D eigenvalue weighted by atomic mass is 9.98. The van der Waals surface area contributed by atoms with Gasteiger partial charge < -0.3 is 28.5 Å². The maximum atomic E-state index is 13.4. The number of hydrogen-bond acceptors (Lipinski definition) is 14. The number of nitrogens with zero attached hydrogens (tertiary/aromatic N) is 6. The van der Waals surface area contributed by atoms with E-state index in [-0.39, 0.29) is 25.4 Å². The second-order valence-electron chi connectivity index (χ2n) is 10.5. The van der Waals surface area contributed by atoms with Gasteiger partial charge in [0, 0.05) is 12.5 Å². The SMILES string of the molecule is CCOc1nc2cccc(C(=O)OC(C)OC(=O)OCCOC[C@H](C)O[N+](=O)[O-])c2n1Cc1ccc(-c2ccccc2-c2nn[nH]n2)cc1. The summed E-state index contributed by atoms with van der Waals surface area (Å²) in [5.74, 6) is -0.270. The summed E-state index contributed by atoms with van der Waals surface area (Å²) < 4.78 is 28.2. The number of carbonyl (C=O) groups is 2. The van der Waals surface area contributed by atoms with Crippen molar-refractivity contribution in [1.29, 1.82) is 0 Å². The maximum Gasteiger partial charge on any atom is 0.511 e. The quantitative estimate of drug-likeness (QED) is 0.0499. The lowest BCUT2D eigenvalue weighted by molar-refractivity contribution is -0.768. The first-order valence-electron chi connectivity index (χ1n) is 15.2. The van der Waals surface area contributed by atoms with Crippen LogP contribution in [-0.2, 0) is 30.3 Å². The third kappa shape index (κ3) is 8.83. The molecule has 2 aromatic heterocycles. The molecule has 0 amide bonds. The number of fused-ring (bicyclic) bond motifs is 1. The van der Waals surface area contributed by atoms with Crippen LogP contribution in [0.5, 0.6) is 6.01 Å². The Morgan fingerprint density at radius 1 is 0.980 bits per heavy atom. The molecule has 2 heterocycles. The first kappa shape index (κ1) is 34.2. The largest absolute Gasteiger partial charge is 0.511 e. The van der Waals surface area contributed by atoms with Gasteiger partial charge in [0.1, 0.15) is 12.7 Å². The summed E-state index contributed by atoms with van der Waals surface area (Å²) in [5, 5.41) is 23.8. The van der Waals surface area contributed by atoms with Gasteiger partial charge in [-0.3, -0.25) is 4.57 Å². The van der Waals surface area contributed by atoms with E-state index < -0.39 is 29.6 Å². The number of tetrazole rings is 1. The summed E-state index contributed by atoms with van der Waals surface area (Å²) in [6.07, 6.45) is -3.18. The van der Waals surface area contributed by atoms with Gasteiger partial charge in [-0.25, -0.2) is 9.59 Å². The summed E-state index contributed by atoms with van der Waals surface area (Å²) in [7, 11) is 0. The Balaban J connectivity index is 1.26. The number of nitrogens with one attached hydrogen (secondary N) is 1. The number of carbonyl (C=O) groups excluding carboxylic acids is 2. The number of ether oxygens (including phenoxy) is 5. The monoisotopic (exact) mass is 675 g/mol.